The lowest BCUT2D eigenvalue weighted by molar-refractivity contribution is -0.141. The molecule has 0 saturated heterocycles. The molecule has 1 aromatic heterocycles. The first-order chi connectivity index (χ1) is 13.3. The molecule has 0 aliphatic heterocycles. The standard InChI is InChI=1S/C20H17F3N2O3/c1-28-16-9-7-15(8-10-16)25-17(12-18(24-25)20(21,22)23)14-5-2-13(3-6-14)4-11-19(26)27/h2-3,5-10,12H,4,11H2,1H3,(H,26,27). The molecule has 0 bridgehead atoms. The summed E-state index contributed by atoms with van der Waals surface area (Å²) in [7, 11) is 1.50. The molecular formula is C20H17F3N2O3. The molecule has 0 fully saturated rings. The van der Waals surface area contributed by atoms with Gasteiger partial charge in [0.15, 0.2) is 5.69 Å². The molecule has 0 spiro atoms. The number of halogens is 3. The fraction of sp³-hybridized carbons (Fsp3) is 0.200. The van der Waals surface area contributed by atoms with Gasteiger partial charge in [-0.25, -0.2) is 4.68 Å². The topological polar surface area (TPSA) is 64.4 Å². The van der Waals surface area contributed by atoms with Crippen molar-refractivity contribution < 1.29 is 27.8 Å². The molecular weight excluding hydrogens is 373 g/mol. The Hall–Kier alpha value is -3.29. The molecule has 1 N–H and O–H groups in total. The van der Waals surface area contributed by atoms with Crippen LogP contribution >= 0.6 is 0 Å². The molecule has 8 heteroatoms. The van der Waals surface area contributed by atoms with Crippen molar-refractivity contribution in [2.45, 2.75) is 19.0 Å². The molecule has 0 atom stereocenters. The maximum atomic E-state index is 13.2. The van der Waals surface area contributed by atoms with Crippen LogP contribution in [0.1, 0.15) is 17.7 Å². The van der Waals surface area contributed by atoms with Crippen LogP contribution in [0.25, 0.3) is 16.9 Å². The normalized spacial score (nSPS) is 11.4. The minimum Gasteiger partial charge on any atom is -0.497 e. The van der Waals surface area contributed by atoms with Crippen molar-refractivity contribution in [1.82, 2.24) is 9.78 Å². The molecule has 28 heavy (non-hydrogen) atoms. The second-order valence-electron chi connectivity index (χ2n) is 6.11. The summed E-state index contributed by atoms with van der Waals surface area (Å²) in [4.78, 5) is 10.7. The number of carbonyl (C=O) groups is 1. The predicted octanol–water partition coefficient (Wildman–Crippen LogP) is 4.58. The van der Waals surface area contributed by atoms with Gasteiger partial charge in [-0.2, -0.15) is 18.3 Å². The van der Waals surface area contributed by atoms with Gasteiger partial charge in [0.05, 0.1) is 18.5 Å². The first kappa shape index (κ1) is 19.5. The highest BCUT2D eigenvalue weighted by Crippen LogP contribution is 2.33. The van der Waals surface area contributed by atoms with Crippen LogP contribution in [0.15, 0.2) is 54.6 Å². The van der Waals surface area contributed by atoms with Crippen LogP contribution in [0.2, 0.25) is 0 Å². The fourth-order valence-corrected chi connectivity index (χ4v) is 2.74. The summed E-state index contributed by atoms with van der Waals surface area (Å²) >= 11 is 0. The summed E-state index contributed by atoms with van der Waals surface area (Å²) in [6.45, 7) is 0. The number of benzene rings is 2. The van der Waals surface area contributed by atoms with Crippen LogP contribution in [-0.2, 0) is 17.4 Å². The SMILES string of the molecule is COc1ccc(-n2nc(C(F)(F)F)cc2-c2ccc(CCC(=O)O)cc2)cc1. The van der Waals surface area contributed by atoms with E-state index >= 15 is 0 Å². The Kier molecular flexibility index (Phi) is 5.39. The monoisotopic (exact) mass is 390 g/mol. The fourth-order valence-electron chi connectivity index (χ4n) is 2.74. The number of hydrogen-bond acceptors (Lipinski definition) is 3. The zero-order valence-electron chi connectivity index (χ0n) is 14.9. The van der Waals surface area contributed by atoms with E-state index in [1.807, 2.05) is 0 Å². The minimum absolute atomic E-state index is 0.0126. The first-order valence-electron chi connectivity index (χ1n) is 8.41. The van der Waals surface area contributed by atoms with Gasteiger partial charge < -0.3 is 9.84 Å². The average molecular weight is 390 g/mol. The Morgan fingerprint density at radius 2 is 1.75 bits per heavy atom. The quantitative estimate of drug-likeness (QED) is 0.669. The van der Waals surface area contributed by atoms with Crippen molar-refractivity contribution in [3.05, 3.63) is 65.9 Å². The van der Waals surface area contributed by atoms with E-state index in [1.54, 1.807) is 48.5 Å². The van der Waals surface area contributed by atoms with Gasteiger partial charge in [0, 0.05) is 12.0 Å². The van der Waals surface area contributed by atoms with Crippen LogP contribution in [0, 0.1) is 0 Å². The Labute approximate surface area is 159 Å². The van der Waals surface area contributed by atoms with Gasteiger partial charge >= 0.3 is 12.1 Å². The molecule has 0 amide bonds. The number of nitrogens with zero attached hydrogens (tertiary/aromatic N) is 2. The number of hydrogen-bond donors (Lipinski definition) is 1. The lowest BCUT2D eigenvalue weighted by Crippen LogP contribution is -2.07. The molecule has 3 rings (SSSR count). The number of carboxylic acids is 1. The van der Waals surface area contributed by atoms with E-state index in [9.17, 15) is 18.0 Å². The third-order valence-corrected chi connectivity index (χ3v) is 4.19. The van der Waals surface area contributed by atoms with Crippen LogP contribution < -0.4 is 4.74 Å². The van der Waals surface area contributed by atoms with E-state index in [2.05, 4.69) is 5.10 Å². The van der Waals surface area contributed by atoms with Gasteiger partial charge in [0.25, 0.3) is 0 Å². The molecule has 146 valence electrons. The summed E-state index contributed by atoms with van der Waals surface area (Å²) in [6, 6.07) is 14.3. The highest BCUT2D eigenvalue weighted by molar-refractivity contribution is 5.67. The van der Waals surface area contributed by atoms with Crippen LogP contribution in [0.4, 0.5) is 13.2 Å². The van der Waals surface area contributed by atoms with Crippen molar-refractivity contribution in [3.8, 4) is 22.7 Å². The second-order valence-corrected chi connectivity index (χ2v) is 6.11. The molecule has 0 saturated carbocycles. The number of aliphatic carboxylic acids is 1. The molecule has 0 radical (unpaired) electrons. The number of aryl methyl sites for hydroxylation is 1. The number of aromatic nitrogens is 2. The van der Waals surface area contributed by atoms with E-state index in [0.717, 1.165) is 11.6 Å². The number of ether oxygens (including phenoxy) is 1. The van der Waals surface area contributed by atoms with E-state index < -0.39 is 17.8 Å². The summed E-state index contributed by atoms with van der Waals surface area (Å²) in [6.07, 6.45) is -4.24. The Balaban J connectivity index is 2.01. The average Bonchev–Trinajstić information content (AvgIpc) is 3.13. The third kappa shape index (κ3) is 4.33. The van der Waals surface area contributed by atoms with E-state index in [4.69, 9.17) is 9.84 Å². The third-order valence-electron chi connectivity index (χ3n) is 4.19. The zero-order chi connectivity index (χ0) is 20.3. The van der Waals surface area contributed by atoms with Crippen LogP contribution in [-0.4, -0.2) is 28.0 Å². The number of carboxylic acid groups (broad SMARTS) is 1. The smallest absolute Gasteiger partial charge is 0.435 e. The van der Waals surface area contributed by atoms with Crippen molar-refractivity contribution >= 4 is 5.97 Å². The number of alkyl halides is 3. The second kappa shape index (κ2) is 7.75. The summed E-state index contributed by atoms with van der Waals surface area (Å²) < 4.78 is 46.0. The summed E-state index contributed by atoms with van der Waals surface area (Å²) in [5.41, 5.74) is 1.08. The van der Waals surface area contributed by atoms with Gasteiger partial charge in [-0.1, -0.05) is 24.3 Å². The van der Waals surface area contributed by atoms with Gasteiger partial charge in [-0.05, 0) is 42.3 Å². The van der Waals surface area contributed by atoms with E-state index in [-0.39, 0.29) is 12.1 Å². The molecule has 0 unspecified atom stereocenters. The molecule has 1 heterocycles. The Morgan fingerprint density at radius 1 is 1.11 bits per heavy atom. The molecule has 5 nitrogen and oxygen atoms in total. The molecule has 0 aliphatic carbocycles. The summed E-state index contributed by atoms with van der Waals surface area (Å²) in [5.74, 6) is -0.326. The van der Waals surface area contributed by atoms with Crippen LogP contribution in [0.3, 0.4) is 0 Å². The van der Waals surface area contributed by atoms with Crippen LogP contribution in [0.5, 0.6) is 5.75 Å². The summed E-state index contributed by atoms with van der Waals surface area (Å²) in [5, 5.41) is 12.5. The van der Waals surface area contributed by atoms with E-state index in [0.29, 0.717) is 23.4 Å². The molecule has 3 aromatic rings. The lowest BCUT2D eigenvalue weighted by Gasteiger charge is -2.09. The van der Waals surface area contributed by atoms with Gasteiger partial charge in [-0.15, -0.1) is 0 Å². The van der Waals surface area contributed by atoms with Crippen molar-refractivity contribution in [2.75, 3.05) is 7.11 Å². The predicted molar refractivity (Wildman–Crippen MR) is 96.5 cm³/mol. The van der Waals surface area contributed by atoms with Crippen molar-refractivity contribution in [2.24, 2.45) is 0 Å². The maximum absolute atomic E-state index is 13.2. The van der Waals surface area contributed by atoms with Crippen molar-refractivity contribution in [1.29, 1.82) is 0 Å². The zero-order valence-corrected chi connectivity index (χ0v) is 14.9. The first-order valence-corrected chi connectivity index (χ1v) is 8.41. The number of methoxy groups -OCH3 is 1. The van der Waals surface area contributed by atoms with Gasteiger partial charge in [0.1, 0.15) is 5.75 Å². The minimum atomic E-state index is -4.58. The largest absolute Gasteiger partial charge is 0.497 e. The lowest BCUT2D eigenvalue weighted by atomic mass is 10.1. The van der Waals surface area contributed by atoms with Gasteiger partial charge in [-0.3, -0.25) is 4.79 Å². The Bertz CT molecular complexity index is 962. The number of rotatable bonds is 6. The maximum Gasteiger partial charge on any atom is 0.435 e. The Morgan fingerprint density at radius 3 is 2.29 bits per heavy atom. The molecule has 0 aliphatic rings. The van der Waals surface area contributed by atoms with Gasteiger partial charge in [0.2, 0.25) is 0 Å². The van der Waals surface area contributed by atoms with E-state index in [1.165, 1.54) is 11.8 Å². The molecule has 2 aromatic carbocycles. The highest BCUT2D eigenvalue weighted by Gasteiger charge is 2.35. The van der Waals surface area contributed by atoms with Crippen molar-refractivity contribution in [3.63, 3.8) is 0 Å². The highest BCUT2D eigenvalue weighted by atomic mass is 19.4.